The van der Waals surface area contributed by atoms with Crippen LogP contribution in [0.2, 0.25) is 0 Å². The van der Waals surface area contributed by atoms with Crippen molar-refractivity contribution in [1.82, 2.24) is 10.6 Å². The van der Waals surface area contributed by atoms with Crippen molar-refractivity contribution in [2.45, 2.75) is 6.92 Å². The van der Waals surface area contributed by atoms with Gasteiger partial charge >= 0.3 is 18.0 Å². The molecular formula is C19H22N2O7. The van der Waals surface area contributed by atoms with Crippen molar-refractivity contribution < 1.29 is 33.3 Å². The van der Waals surface area contributed by atoms with Gasteiger partial charge in [0, 0.05) is 17.7 Å². The summed E-state index contributed by atoms with van der Waals surface area (Å²) in [6.07, 6.45) is 2.75. The summed E-state index contributed by atoms with van der Waals surface area (Å²) in [5.74, 6) is -0.0843. The van der Waals surface area contributed by atoms with Crippen LogP contribution in [0.4, 0.5) is 4.79 Å². The summed E-state index contributed by atoms with van der Waals surface area (Å²) >= 11 is 0. The topological polar surface area (TPSA) is 112 Å². The van der Waals surface area contributed by atoms with Crippen LogP contribution < -0.4 is 20.1 Å². The number of carbonyl (C=O) groups is 3. The van der Waals surface area contributed by atoms with Crippen LogP contribution >= 0.6 is 0 Å². The maximum absolute atomic E-state index is 12.0. The third kappa shape index (κ3) is 5.50. The van der Waals surface area contributed by atoms with E-state index in [9.17, 15) is 14.4 Å². The molecule has 0 fully saturated rings. The van der Waals surface area contributed by atoms with Crippen molar-refractivity contribution in [3.05, 3.63) is 41.1 Å². The lowest BCUT2D eigenvalue weighted by molar-refractivity contribution is -0.140. The number of benzene rings is 1. The van der Waals surface area contributed by atoms with Crippen molar-refractivity contribution in [1.29, 1.82) is 0 Å². The molecule has 1 heterocycles. The largest absolute Gasteiger partial charge is 0.497 e. The van der Waals surface area contributed by atoms with Crippen molar-refractivity contribution in [3.63, 3.8) is 0 Å². The van der Waals surface area contributed by atoms with E-state index in [0.717, 1.165) is 0 Å². The van der Waals surface area contributed by atoms with Gasteiger partial charge in [0.25, 0.3) is 0 Å². The Bertz CT molecular complexity index is 815. The Hall–Kier alpha value is -3.49. The Balaban J connectivity index is 2.05. The number of rotatable bonds is 8. The van der Waals surface area contributed by atoms with Gasteiger partial charge in [0.1, 0.15) is 18.1 Å². The Labute approximate surface area is 162 Å². The molecule has 0 radical (unpaired) electrons. The SMILES string of the molecule is CCOC(=O)C1=C(COC(=O)/C=C/c2ccc(OC)cc2OC)NC(=O)NC1. The maximum Gasteiger partial charge on any atom is 0.337 e. The molecule has 28 heavy (non-hydrogen) atoms. The van der Waals surface area contributed by atoms with Gasteiger partial charge in [-0.1, -0.05) is 0 Å². The maximum atomic E-state index is 12.0. The van der Waals surface area contributed by atoms with Crippen LogP contribution in [0.1, 0.15) is 12.5 Å². The minimum Gasteiger partial charge on any atom is -0.497 e. The minimum atomic E-state index is -0.652. The summed E-state index contributed by atoms with van der Waals surface area (Å²) in [7, 11) is 3.05. The predicted molar refractivity (Wildman–Crippen MR) is 99.7 cm³/mol. The van der Waals surface area contributed by atoms with Crippen LogP contribution in [-0.4, -0.2) is 51.9 Å². The highest BCUT2D eigenvalue weighted by molar-refractivity contribution is 5.94. The molecule has 0 bridgehead atoms. The van der Waals surface area contributed by atoms with Crippen molar-refractivity contribution in [2.24, 2.45) is 0 Å². The van der Waals surface area contributed by atoms with E-state index in [1.54, 1.807) is 32.2 Å². The summed E-state index contributed by atoms with van der Waals surface area (Å²) in [5, 5.41) is 4.93. The van der Waals surface area contributed by atoms with E-state index in [0.29, 0.717) is 17.1 Å². The zero-order valence-electron chi connectivity index (χ0n) is 15.9. The molecule has 0 saturated heterocycles. The van der Waals surface area contributed by atoms with Gasteiger partial charge in [-0.3, -0.25) is 0 Å². The van der Waals surface area contributed by atoms with Crippen molar-refractivity contribution in [3.8, 4) is 11.5 Å². The molecule has 2 N–H and O–H groups in total. The van der Waals surface area contributed by atoms with E-state index < -0.39 is 18.0 Å². The zero-order valence-corrected chi connectivity index (χ0v) is 15.9. The fraction of sp³-hybridized carbons (Fsp3) is 0.316. The fourth-order valence-corrected chi connectivity index (χ4v) is 2.37. The molecule has 2 rings (SSSR count). The van der Waals surface area contributed by atoms with Crippen LogP contribution in [-0.2, 0) is 19.1 Å². The molecule has 0 saturated carbocycles. The van der Waals surface area contributed by atoms with Gasteiger partial charge in [0.05, 0.1) is 38.6 Å². The molecule has 0 aliphatic carbocycles. The van der Waals surface area contributed by atoms with E-state index in [4.69, 9.17) is 18.9 Å². The summed E-state index contributed by atoms with van der Waals surface area (Å²) in [5.41, 5.74) is 1.04. The van der Waals surface area contributed by atoms with Gasteiger partial charge in [-0.2, -0.15) is 0 Å². The molecule has 1 aliphatic heterocycles. The highest BCUT2D eigenvalue weighted by Gasteiger charge is 2.24. The molecule has 150 valence electrons. The van der Waals surface area contributed by atoms with Crippen LogP contribution in [0.25, 0.3) is 6.08 Å². The highest BCUT2D eigenvalue weighted by atomic mass is 16.5. The molecular weight excluding hydrogens is 368 g/mol. The molecule has 0 aromatic heterocycles. The number of ether oxygens (including phenoxy) is 4. The van der Waals surface area contributed by atoms with Gasteiger partial charge < -0.3 is 29.6 Å². The van der Waals surface area contributed by atoms with E-state index in [1.165, 1.54) is 19.3 Å². The number of esters is 2. The number of urea groups is 1. The van der Waals surface area contributed by atoms with E-state index in [-0.39, 0.29) is 31.0 Å². The lowest BCUT2D eigenvalue weighted by atomic mass is 10.1. The minimum absolute atomic E-state index is 0.00353. The first kappa shape index (κ1) is 20.8. The molecule has 0 atom stereocenters. The van der Waals surface area contributed by atoms with Crippen LogP contribution in [0, 0.1) is 0 Å². The first-order valence-electron chi connectivity index (χ1n) is 8.49. The van der Waals surface area contributed by atoms with Gasteiger partial charge in [-0.25, -0.2) is 14.4 Å². The number of carbonyl (C=O) groups excluding carboxylic acids is 3. The van der Waals surface area contributed by atoms with E-state index in [1.807, 2.05) is 0 Å². The van der Waals surface area contributed by atoms with Gasteiger partial charge in [0.15, 0.2) is 0 Å². The Morgan fingerprint density at radius 2 is 1.96 bits per heavy atom. The third-order valence-corrected chi connectivity index (χ3v) is 3.77. The van der Waals surface area contributed by atoms with Gasteiger partial charge in [-0.15, -0.1) is 0 Å². The van der Waals surface area contributed by atoms with Gasteiger partial charge in [0.2, 0.25) is 0 Å². The average molecular weight is 390 g/mol. The number of amides is 2. The summed E-state index contributed by atoms with van der Waals surface area (Å²) in [6.45, 7) is 1.59. The lowest BCUT2D eigenvalue weighted by Crippen LogP contribution is -2.45. The Morgan fingerprint density at radius 1 is 1.18 bits per heavy atom. The van der Waals surface area contributed by atoms with Gasteiger partial charge in [-0.05, 0) is 25.1 Å². The summed E-state index contributed by atoms with van der Waals surface area (Å²) in [6, 6.07) is 4.66. The summed E-state index contributed by atoms with van der Waals surface area (Å²) < 4.78 is 20.4. The number of methoxy groups -OCH3 is 2. The molecule has 9 heteroatoms. The Kier molecular flexibility index (Phi) is 7.44. The second-order valence-corrected chi connectivity index (χ2v) is 5.53. The second kappa shape index (κ2) is 10.0. The lowest BCUT2D eigenvalue weighted by Gasteiger charge is -2.20. The van der Waals surface area contributed by atoms with Crippen LogP contribution in [0.3, 0.4) is 0 Å². The first-order chi connectivity index (χ1) is 13.5. The second-order valence-electron chi connectivity index (χ2n) is 5.53. The van der Waals surface area contributed by atoms with E-state index in [2.05, 4.69) is 10.6 Å². The molecule has 0 spiro atoms. The molecule has 1 aromatic carbocycles. The van der Waals surface area contributed by atoms with Crippen LogP contribution in [0.15, 0.2) is 35.5 Å². The van der Waals surface area contributed by atoms with Crippen molar-refractivity contribution >= 4 is 24.0 Å². The standard InChI is InChI=1S/C19H22N2O7/c1-4-27-18(23)14-10-20-19(24)21-15(14)11-28-17(22)8-6-12-5-7-13(25-2)9-16(12)26-3/h5-9H,4,10-11H2,1-3H3,(H2,20,21,24)/b8-6+. The molecule has 9 nitrogen and oxygen atoms in total. The molecule has 1 aromatic rings. The molecule has 0 unspecified atom stereocenters. The number of nitrogens with one attached hydrogen (secondary N) is 2. The molecule has 2 amide bonds. The monoisotopic (exact) mass is 390 g/mol. The van der Waals surface area contributed by atoms with Crippen LogP contribution in [0.5, 0.6) is 11.5 Å². The van der Waals surface area contributed by atoms with Crippen molar-refractivity contribution in [2.75, 3.05) is 34.0 Å². The fourth-order valence-electron chi connectivity index (χ4n) is 2.37. The zero-order chi connectivity index (χ0) is 20.5. The summed E-state index contributed by atoms with van der Waals surface area (Å²) in [4.78, 5) is 35.5. The normalized spacial score (nSPS) is 13.6. The average Bonchev–Trinajstić information content (AvgIpc) is 2.70. The Morgan fingerprint density at radius 3 is 2.64 bits per heavy atom. The first-order valence-corrected chi connectivity index (χ1v) is 8.49. The third-order valence-electron chi connectivity index (χ3n) is 3.77. The number of hydrogen-bond acceptors (Lipinski definition) is 7. The highest BCUT2D eigenvalue weighted by Crippen LogP contribution is 2.25. The number of hydrogen-bond donors (Lipinski definition) is 2. The predicted octanol–water partition coefficient (Wildman–Crippen LogP) is 1.39. The molecule has 1 aliphatic rings. The smallest absolute Gasteiger partial charge is 0.337 e. The quantitative estimate of drug-likeness (QED) is 0.509. The van der Waals surface area contributed by atoms with E-state index >= 15 is 0 Å².